The second-order valence-corrected chi connectivity index (χ2v) is 12.8. The first-order valence-electron chi connectivity index (χ1n) is 15.0. The Morgan fingerprint density at radius 2 is 1.90 bits per heavy atom. The van der Waals surface area contributed by atoms with Crippen LogP contribution in [0.25, 0.3) is 5.70 Å². The third kappa shape index (κ3) is 5.89. The van der Waals surface area contributed by atoms with Gasteiger partial charge in [-0.15, -0.1) is 0 Å². The fraction of sp³-hybridized carbons (Fsp3) is 0.455. The summed E-state index contributed by atoms with van der Waals surface area (Å²) in [5.41, 5.74) is 1.61. The van der Waals surface area contributed by atoms with E-state index in [1.54, 1.807) is 50.5 Å². The number of rotatable bonds is 8. The van der Waals surface area contributed by atoms with Gasteiger partial charge >= 0.3 is 11.6 Å². The molecule has 0 bridgehead atoms. The number of nitrogens with zero attached hydrogens (tertiary/aromatic N) is 3. The lowest BCUT2D eigenvalue weighted by Crippen LogP contribution is -2.45. The average Bonchev–Trinajstić information content (AvgIpc) is 3.89. The average molecular weight is 571 g/mol. The lowest BCUT2D eigenvalue weighted by Gasteiger charge is -2.35. The monoisotopic (exact) mass is 570 g/mol. The Labute approximate surface area is 246 Å². The van der Waals surface area contributed by atoms with Gasteiger partial charge in [0.1, 0.15) is 0 Å². The Morgan fingerprint density at radius 1 is 1.17 bits per heavy atom. The molecule has 0 saturated heterocycles. The zero-order valence-corrected chi connectivity index (χ0v) is 24.3. The summed E-state index contributed by atoms with van der Waals surface area (Å²) in [5, 5.41) is 48.2. The molecule has 2 heterocycles. The number of carbonyl (C=O) groups is 1. The predicted molar refractivity (Wildman–Crippen MR) is 158 cm³/mol. The largest absolute Gasteiger partial charge is 0.390 e. The van der Waals surface area contributed by atoms with Crippen LogP contribution in [-0.4, -0.2) is 42.4 Å². The molecule has 0 atom stereocenters. The number of aliphatic hydroxyl groups is 2. The molecule has 6 rings (SSSR count). The van der Waals surface area contributed by atoms with Crippen molar-refractivity contribution in [3.63, 3.8) is 0 Å². The Hall–Kier alpha value is -3.82. The van der Waals surface area contributed by atoms with Crippen LogP contribution in [0.4, 0.5) is 0 Å². The highest BCUT2D eigenvalue weighted by Gasteiger charge is 2.45. The summed E-state index contributed by atoms with van der Waals surface area (Å²) in [6.45, 7) is 3.34. The number of hydrogen-bond acceptors (Lipinski definition) is 6. The van der Waals surface area contributed by atoms with Gasteiger partial charge in [-0.05, 0) is 95.3 Å². The summed E-state index contributed by atoms with van der Waals surface area (Å²) in [7, 11) is 0. The van der Waals surface area contributed by atoms with Crippen LogP contribution in [-0.2, 0) is 5.60 Å². The van der Waals surface area contributed by atoms with Gasteiger partial charge in [-0.1, -0.05) is 18.2 Å². The van der Waals surface area contributed by atoms with Crippen molar-refractivity contribution in [1.29, 1.82) is 5.41 Å². The Bertz CT molecular complexity index is 1520. The fourth-order valence-electron chi connectivity index (χ4n) is 6.05. The number of amides is 1. The highest BCUT2D eigenvalue weighted by Crippen LogP contribution is 2.48. The first-order valence-corrected chi connectivity index (χ1v) is 15.0. The minimum absolute atomic E-state index is 0.117. The molecule has 0 spiro atoms. The maximum atomic E-state index is 13.4. The van der Waals surface area contributed by atoms with E-state index in [0.717, 1.165) is 56.1 Å². The van der Waals surface area contributed by atoms with Crippen LogP contribution in [0.5, 0.6) is 0 Å². The van der Waals surface area contributed by atoms with Gasteiger partial charge in [0.15, 0.2) is 0 Å². The number of pyridine rings is 1. The van der Waals surface area contributed by atoms with Gasteiger partial charge in [0, 0.05) is 40.1 Å². The highest BCUT2D eigenvalue weighted by molar-refractivity contribution is 6.15. The summed E-state index contributed by atoms with van der Waals surface area (Å²) in [4.78, 5) is 13.4. The van der Waals surface area contributed by atoms with E-state index < -0.39 is 17.1 Å². The van der Waals surface area contributed by atoms with E-state index in [4.69, 9.17) is 5.41 Å². The second-order valence-electron chi connectivity index (χ2n) is 12.8. The third-order valence-corrected chi connectivity index (χ3v) is 9.07. The zero-order chi connectivity index (χ0) is 29.6. The normalized spacial score (nSPS) is 26.0. The molecule has 3 fully saturated rings. The first-order chi connectivity index (χ1) is 20.0. The van der Waals surface area contributed by atoms with Gasteiger partial charge in [0.2, 0.25) is 5.69 Å². The number of allylic oxidation sites excluding steroid dienone is 7. The van der Waals surface area contributed by atoms with Crippen molar-refractivity contribution in [2.24, 2.45) is 11.8 Å². The molecule has 2 aromatic heterocycles. The molecule has 4 aliphatic carbocycles. The van der Waals surface area contributed by atoms with Crippen molar-refractivity contribution in [3.8, 4) is 0 Å². The molecular weight excluding hydrogens is 530 g/mol. The van der Waals surface area contributed by atoms with E-state index in [2.05, 4.69) is 16.5 Å². The molecule has 0 unspecified atom stereocenters. The molecule has 2 aromatic rings. The molecule has 9 nitrogen and oxygen atoms in total. The molecule has 220 valence electrons. The lowest BCUT2D eigenvalue weighted by molar-refractivity contribution is -0.910. The smallest absolute Gasteiger partial charge is 0.325 e. The lowest BCUT2D eigenvalue weighted by atomic mass is 9.76. The highest BCUT2D eigenvalue weighted by atomic mass is 16.5. The number of aromatic nitrogens is 3. The van der Waals surface area contributed by atoms with Crippen LogP contribution in [0.2, 0.25) is 0 Å². The maximum absolute atomic E-state index is 13.4. The molecule has 3 saturated carbocycles. The zero-order valence-electron chi connectivity index (χ0n) is 24.3. The Morgan fingerprint density at radius 3 is 2.55 bits per heavy atom. The third-order valence-electron chi connectivity index (χ3n) is 9.07. The molecule has 4 aliphatic rings. The second kappa shape index (κ2) is 10.8. The number of nitrogens with one attached hydrogen (secondary N) is 2. The van der Waals surface area contributed by atoms with Crippen LogP contribution < -0.4 is 10.0 Å². The SMILES string of the molecule is CC(C)(O)c1cnn(C2=CC(=N)/C(=C\C=C\C3CCC(O)(C4CC4)CC3)C=C2NC(=O)c2cccc(C3CC3)[n+]2O)c1. The molecule has 5 N–H and O–H groups in total. The molecule has 0 radical (unpaired) electrons. The van der Waals surface area contributed by atoms with Gasteiger partial charge in [0.05, 0.1) is 34.5 Å². The van der Waals surface area contributed by atoms with E-state index in [1.165, 1.54) is 4.68 Å². The summed E-state index contributed by atoms with van der Waals surface area (Å²) < 4.78 is 2.51. The molecular formula is C33H40N5O4+. The molecule has 9 heteroatoms. The van der Waals surface area contributed by atoms with Crippen LogP contribution in [0.15, 0.2) is 72.2 Å². The van der Waals surface area contributed by atoms with Gasteiger partial charge < -0.3 is 20.9 Å². The molecule has 0 aromatic carbocycles. The van der Waals surface area contributed by atoms with E-state index >= 15 is 0 Å². The summed E-state index contributed by atoms with van der Waals surface area (Å²) >= 11 is 0. The summed E-state index contributed by atoms with van der Waals surface area (Å²) in [6.07, 6.45) is 20.5. The number of hydrogen-bond donors (Lipinski definition) is 5. The van der Waals surface area contributed by atoms with Crippen LogP contribution >= 0.6 is 0 Å². The predicted octanol–water partition coefficient (Wildman–Crippen LogP) is 4.51. The van der Waals surface area contributed by atoms with Gasteiger partial charge in [0.25, 0.3) is 0 Å². The maximum Gasteiger partial charge on any atom is 0.325 e. The number of carbonyl (C=O) groups excluding carboxylic acids is 1. The fourth-order valence-corrected chi connectivity index (χ4v) is 6.05. The topological polar surface area (TPSA) is 135 Å². The standard InChI is InChI=1S/C33H39N5O4/c1-32(2,40)25-19-35-37(20-25)30-18-26(34)23(6-3-5-21-13-15-33(41,16-14-21)24-11-12-24)17-27(30)36-31(39)29-8-4-7-28(38(29)42)22-9-10-22/h3-8,17-22,24,34,40-41H,9-16H2,1-2H3,(H-,36,39,42)/p+1/b5-3+,23-6-,34-26?. The van der Waals surface area contributed by atoms with Gasteiger partial charge in [-0.25, -0.2) is 4.68 Å². The van der Waals surface area contributed by atoms with Crippen molar-refractivity contribution >= 4 is 17.3 Å². The minimum atomic E-state index is -1.11. The van der Waals surface area contributed by atoms with Crippen LogP contribution in [0.3, 0.4) is 0 Å². The molecule has 1 amide bonds. The Kier molecular flexibility index (Phi) is 7.27. The van der Waals surface area contributed by atoms with E-state index in [0.29, 0.717) is 40.1 Å². The summed E-state index contributed by atoms with van der Waals surface area (Å²) in [6, 6.07) is 5.17. The van der Waals surface area contributed by atoms with Crippen molar-refractivity contribution in [2.75, 3.05) is 0 Å². The van der Waals surface area contributed by atoms with Gasteiger partial charge in [-0.2, -0.15) is 5.10 Å². The van der Waals surface area contributed by atoms with Gasteiger partial charge in [-0.3, -0.25) is 10.0 Å². The van der Waals surface area contributed by atoms with Crippen LogP contribution in [0, 0.1) is 17.2 Å². The minimum Gasteiger partial charge on any atom is -0.390 e. The van der Waals surface area contributed by atoms with Crippen molar-refractivity contribution in [3.05, 3.63) is 89.2 Å². The first kappa shape index (κ1) is 28.3. The van der Waals surface area contributed by atoms with Crippen LogP contribution in [0.1, 0.15) is 92.9 Å². The Balaban J connectivity index is 1.25. The van der Waals surface area contributed by atoms with E-state index in [9.17, 15) is 20.2 Å². The molecule has 42 heavy (non-hydrogen) atoms. The van der Waals surface area contributed by atoms with E-state index in [1.807, 2.05) is 18.2 Å². The van der Waals surface area contributed by atoms with Crippen molar-refractivity contribution < 1.29 is 24.9 Å². The summed E-state index contributed by atoms with van der Waals surface area (Å²) in [5.74, 6) is 0.638. The van der Waals surface area contributed by atoms with E-state index in [-0.39, 0.29) is 17.3 Å². The van der Waals surface area contributed by atoms with Crippen molar-refractivity contribution in [2.45, 2.75) is 82.3 Å². The quantitative estimate of drug-likeness (QED) is 0.235. The van der Waals surface area contributed by atoms with Crippen molar-refractivity contribution in [1.82, 2.24) is 15.1 Å². The molecule has 0 aliphatic heterocycles.